The predicted octanol–water partition coefficient (Wildman–Crippen LogP) is 1.31. The molecule has 8 nitrogen and oxygen atoms in total. The molecule has 0 fully saturated rings. The third-order valence-electron chi connectivity index (χ3n) is 3.89. The van der Waals surface area contributed by atoms with Crippen molar-refractivity contribution in [3.05, 3.63) is 46.3 Å². The number of ether oxygens (including phenoxy) is 2. The minimum Gasteiger partial charge on any atom is -0.493 e. The molecule has 1 N–H and O–H groups in total. The fraction of sp³-hybridized carbons (Fsp3) is 0.353. The van der Waals surface area contributed by atoms with E-state index in [-0.39, 0.29) is 5.56 Å². The van der Waals surface area contributed by atoms with Gasteiger partial charge >= 0.3 is 0 Å². The van der Waals surface area contributed by atoms with Gasteiger partial charge < -0.3 is 14.5 Å². The summed E-state index contributed by atoms with van der Waals surface area (Å²) in [6.07, 6.45) is 3.79. The number of nitrogens with zero attached hydrogens (tertiary/aromatic N) is 4. The average molecular weight is 343 g/mol. The van der Waals surface area contributed by atoms with Crippen molar-refractivity contribution in [2.75, 3.05) is 21.3 Å². The number of fused-ring (bicyclic) bond motifs is 1. The van der Waals surface area contributed by atoms with Crippen molar-refractivity contribution >= 4 is 10.9 Å². The van der Waals surface area contributed by atoms with Gasteiger partial charge in [0.25, 0.3) is 5.56 Å². The van der Waals surface area contributed by atoms with Crippen LogP contribution in [0, 0.1) is 0 Å². The van der Waals surface area contributed by atoms with Crippen LogP contribution in [-0.2, 0) is 20.1 Å². The maximum Gasteiger partial charge on any atom is 0.258 e. The topological polar surface area (TPSA) is 85.3 Å². The Bertz CT molecular complexity index is 947. The molecule has 3 aromatic rings. The van der Waals surface area contributed by atoms with Crippen LogP contribution in [0.4, 0.5) is 0 Å². The molecule has 0 aliphatic rings. The number of hydrogen-bond donors (Lipinski definition) is 1. The summed E-state index contributed by atoms with van der Waals surface area (Å²) in [6, 6.07) is 3.36. The first-order chi connectivity index (χ1) is 12.0. The van der Waals surface area contributed by atoms with Crippen LogP contribution in [0.3, 0.4) is 0 Å². The van der Waals surface area contributed by atoms with Gasteiger partial charge in [-0.3, -0.25) is 14.4 Å². The summed E-state index contributed by atoms with van der Waals surface area (Å²) in [7, 11) is 6.94. The van der Waals surface area contributed by atoms with Crippen molar-refractivity contribution in [2.24, 2.45) is 7.05 Å². The fourth-order valence-electron chi connectivity index (χ4n) is 2.77. The van der Waals surface area contributed by atoms with Crippen LogP contribution in [0.15, 0.2) is 29.3 Å². The molecule has 0 spiro atoms. The molecule has 8 heteroatoms. The standard InChI is InChI=1S/C17H21N5O3/c1-21(8-11-7-18-22(2)9-11)10-16-19-13-6-15(25-4)14(24-3)5-12(13)17(23)20-16/h5-7,9H,8,10H2,1-4H3,(H,19,20,23). The molecule has 3 rings (SSSR count). The van der Waals surface area contributed by atoms with Crippen molar-refractivity contribution in [1.29, 1.82) is 0 Å². The van der Waals surface area contributed by atoms with E-state index in [2.05, 4.69) is 20.0 Å². The molecule has 0 saturated carbocycles. The van der Waals surface area contributed by atoms with E-state index in [4.69, 9.17) is 9.47 Å². The lowest BCUT2D eigenvalue weighted by Crippen LogP contribution is -2.21. The van der Waals surface area contributed by atoms with Crippen molar-refractivity contribution in [2.45, 2.75) is 13.1 Å². The summed E-state index contributed by atoms with van der Waals surface area (Å²) >= 11 is 0. The molecule has 0 aliphatic heterocycles. The highest BCUT2D eigenvalue weighted by atomic mass is 16.5. The first kappa shape index (κ1) is 17.0. The number of rotatable bonds is 6. The van der Waals surface area contributed by atoms with E-state index < -0.39 is 0 Å². The zero-order chi connectivity index (χ0) is 18.0. The van der Waals surface area contributed by atoms with Gasteiger partial charge in [-0.1, -0.05) is 0 Å². The van der Waals surface area contributed by atoms with E-state index in [1.54, 1.807) is 23.9 Å². The Morgan fingerprint density at radius 3 is 2.56 bits per heavy atom. The number of aryl methyl sites for hydroxylation is 1. The van der Waals surface area contributed by atoms with Crippen LogP contribution in [0.25, 0.3) is 10.9 Å². The van der Waals surface area contributed by atoms with Gasteiger partial charge in [0.05, 0.1) is 37.9 Å². The van der Waals surface area contributed by atoms with Crippen molar-refractivity contribution in [3.8, 4) is 11.5 Å². The van der Waals surface area contributed by atoms with E-state index in [0.717, 1.165) is 5.56 Å². The Hall–Kier alpha value is -2.87. The van der Waals surface area contributed by atoms with Gasteiger partial charge in [-0.05, 0) is 13.1 Å². The molecule has 1 aromatic carbocycles. The molecular formula is C17H21N5O3. The van der Waals surface area contributed by atoms with E-state index in [0.29, 0.717) is 41.3 Å². The molecular weight excluding hydrogens is 322 g/mol. The van der Waals surface area contributed by atoms with Crippen molar-refractivity contribution in [1.82, 2.24) is 24.6 Å². The Morgan fingerprint density at radius 2 is 1.92 bits per heavy atom. The van der Waals surface area contributed by atoms with Gasteiger partial charge in [-0.2, -0.15) is 5.10 Å². The smallest absolute Gasteiger partial charge is 0.258 e. The normalized spacial score (nSPS) is 11.2. The van der Waals surface area contributed by atoms with Crippen LogP contribution in [0.2, 0.25) is 0 Å². The van der Waals surface area contributed by atoms with Gasteiger partial charge in [0.1, 0.15) is 5.82 Å². The van der Waals surface area contributed by atoms with Crippen LogP contribution < -0.4 is 15.0 Å². The summed E-state index contributed by atoms with van der Waals surface area (Å²) in [6.45, 7) is 1.22. The highest BCUT2D eigenvalue weighted by Crippen LogP contribution is 2.29. The van der Waals surface area contributed by atoms with Crippen LogP contribution in [-0.4, -0.2) is 45.9 Å². The van der Waals surface area contributed by atoms with Crippen LogP contribution in [0.5, 0.6) is 11.5 Å². The minimum atomic E-state index is -0.198. The monoisotopic (exact) mass is 343 g/mol. The number of aromatic amines is 1. The fourth-order valence-corrected chi connectivity index (χ4v) is 2.77. The highest BCUT2D eigenvalue weighted by molar-refractivity contribution is 5.81. The van der Waals surface area contributed by atoms with Gasteiger partial charge in [0.15, 0.2) is 11.5 Å². The Morgan fingerprint density at radius 1 is 1.20 bits per heavy atom. The quantitative estimate of drug-likeness (QED) is 0.726. The number of H-pyrrole nitrogens is 1. The summed E-state index contributed by atoms with van der Waals surface area (Å²) < 4.78 is 12.3. The molecule has 0 amide bonds. The first-order valence-corrected chi connectivity index (χ1v) is 7.81. The minimum absolute atomic E-state index is 0.198. The Labute approximate surface area is 145 Å². The molecule has 0 unspecified atom stereocenters. The zero-order valence-electron chi connectivity index (χ0n) is 14.7. The number of hydrogen-bond acceptors (Lipinski definition) is 6. The van der Waals surface area contributed by atoms with E-state index in [1.165, 1.54) is 7.11 Å². The third kappa shape index (κ3) is 3.63. The second-order valence-electron chi connectivity index (χ2n) is 5.93. The molecule has 0 saturated heterocycles. The zero-order valence-corrected chi connectivity index (χ0v) is 14.7. The SMILES string of the molecule is COc1cc2nc(CN(C)Cc3cnn(C)c3)[nH]c(=O)c2cc1OC. The molecule has 2 aromatic heterocycles. The van der Waals surface area contributed by atoms with E-state index in [1.807, 2.05) is 26.5 Å². The number of benzene rings is 1. The Kier molecular flexibility index (Phi) is 4.71. The summed E-state index contributed by atoms with van der Waals surface area (Å²) in [4.78, 5) is 21.8. The number of aromatic nitrogens is 4. The summed E-state index contributed by atoms with van der Waals surface area (Å²) in [5, 5.41) is 4.63. The van der Waals surface area contributed by atoms with Gasteiger partial charge in [-0.25, -0.2) is 4.98 Å². The van der Waals surface area contributed by atoms with Crippen LogP contribution in [0.1, 0.15) is 11.4 Å². The molecule has 0 radical (unpaired) electrons. The lowest BCUT2D eigenvalue weighted by Gasteiger charge is -2.15. The third-order valence-corrected chi connectivity index (χ3v) is 3.89. The predicted molar refractivity (Wildman–Crippen MR) is 93.8 cm³/mol. The lowest BCUT2D eigenvalue weighted by atomic mass is 10.2. The summed E-state index contributed by atoms with van der Waals surface area (Å²) in [5.74, 6) is 1.64. The van der Waals surface area contributed by atoms with Gasteiger partial charge in [0, 0.05) is 31.4 Å². The number of methoxy groups -OCH3 is 2. The van der Waals surface area contributed by atoms with Crippen molar-refractivity contribution < 1.29 is 9.47 Å². The molecule has 2 heterocycles. The average Bonchev–Trinajstić information content (AvgIpc) is 2.98. The molecule has 0 atom stereocenters. The van der Waals surface area contributed by atoms with Gasteiger partial charge in [0.2, 0.25) is 0 Å². The second kappa shape index (κ2) is 6.94. The Balaban J connectivity index is 1.88. The largest absolute Gasteiger partial charge is 0.493 e. The van der Waals surface area contributed by atoms with Gasteiger partial charge in [-0.15, -0.1) is 0 Å². The highest BCUT2D eigenvalue weighted by Gasteiger charge is 2.12. The molecule has 0 aliphatic carbocycles. The second-order valence-corrected chi connectivity index (χ2v) is 5.93. The summed E-state index contributed by atoms with van der Waals surface area (Å²) in [5.41, 5.74) is 1.47. The molecule has 25 heavy (non-hydrogen) atoms. The van der Waals surface area contributed by atoms with Crippen LogP contribution >= 0.6 is 0 Å². The van der Waals surface area contributed by atoms with E-state index in [9.17, 15) is 4.79 Å². The van der Waals surface area contributed by atoms with Crippen molar-refractivity contribution in [3.63, 3.8) is 0 Å². The maximum atomic E-state index is 12.4. The molecule has 132 valence electrons. The number of nitrogens with one attached hydrogen (secondary N) is 1. The van der Waals surface area contributed by atoms with E-state index >= 15 is 0 Å². The lowest BCUT2D eigenvalue weighted by molar-refractivity contribution is 0.310. The molecule has 0 bridgehead atoms. The maximum absolute atomic E-state index is 12.4. The first-order valence-electron chi connectivity index (χ1n) is 7.81.